The van der Waals surface area contributed by atoms with Crippen LogP contribution >= 0.6 is 0 Å². The van der Waals surface area contributed by atoms with Gasteiger partial charge in [0.1, 0.15) is 0 Å². The normalized spacial score (nSPS) is 17.8. The molecule has 0 aliphatic heterocycles. The number of hydrogen-bond donors (Lipinski definition) is 1. The van der Waals surface area contributed by atoms with Gasteiger partial charge in [-0.1, -0.05) is 30.3 Å². The molecule has 0 bridgehead atoms. The Labute approximate surface area is 150 Å². The van der Waals surface area contributed by atoms with E-state index in [2.05, 4.69) is 34.2 Å². The van der Waals surface area contributed by atoms with Crippen LogP contribution in [0.25, 0.3) is 0 Å². The second-order valence-electron chi connectivity index (χ2n) is 6.88. The first-order chi connectivity index (χ1) is 12.1. The van der Waals surface area contributed by atoms with Gasteiger partial charge in [0.25, 0.3) is 0 Å². The monoisotopic (exact) mass is 340 g/mol. The molecule has 2 unspecified atom stereocenters. The molecule has 3 rings (SSSR count). The Bertz CT molecular complexity index is 710. The third-order valence-electron chi connectivity index (χ3n) is 5.02. The van der Waals surface area contributed by atoms with Crippen LogP contribution in [0, 0.1) is 0 Å². The Hall–Kier alpha value is -2.14. The minimum atomic E-state index is -0.213. The Morgan fingerprint density at radius 3 is 2.88 bits per heavy atom. The summed E-state index contributed by atoms with van der Waals surface area (Å²) in [7, 11) is 1.87. The zero-order valence-corrected chi connectivity index (χ0v) is 15.4. The number of aryl methyl sites for hydroxylation is 1. The molecule has 1 aliphatic carbocycles. The summed E-state index contributed by atoms with van der Waals surface area (Å²) in [5, 5.41) is 8.03. The van der Waals surface area contributed by atoms with E-state index in [4.69, 9.17) is 0 Å². The average Bonchev–Trinajstić information content (AvgIpc) is 3.06. The smallest absolute Gasteiger partial charge is 0.239 e. The molecular weight excluding hydrogens is 312 g/mol. The van der Waals surface area contributed by atoms with Crippen LogP contribution in [0.3, 0.4) is 0 Å². The minimum Gasteiger partial charge on any atom is -0.340 e. The Morgan fingerprint density at radius 1 is 1.40 bits per heavy atom. The van der Waals surface area contributed by atoms with E-state index >= 15 is 0 Å². The van der Waals surface area contributed by atoms with E-state index in [0.717, 1.165) is 31.4 Å². The number of nitrogens with one attached hydrogen (secondary N) is 1. The van der Waals surface area contributed by atoms with E-state index in [9.17, 15) is 4.79 Å². The number of benzene rings is 1. The summed E-state index contributed by atoms with van der Waals surface area (Å²) >= 11 is 0. The summed E-state index contributed by atoms with van der Waals surface area (Å²) in [6.45, 7) is 5.61. The van der Waals surface area contributed by atoms with Crippen molar-refractivity contribution in [2.45, 2.75) is 58.3 Å². The molecule has 1 aromatic carbocycles. The van der Waals surface area contributed by atoms with Gasteiger partial charge >= 0.3 is 0 Å². The number of aromatic nitrogens is 2. The number of amides is 1. The van der Waals surface area contributed by atoms with Crippen LogP contribution in [0.5, 0.6) is 0 Å². The molecule has 1 aliphatic rings. The van der Waals surface area contributed by atoms with Crippen LogP contribution in [-0.2, 0) is 24.3 Å². The largest absolute Gasteiger partial charge is 0.340 e. The summed E-state index contributed by atoms with van der Waals surface area (Å²) < 4.78 is 2.08. The van der Waals surface area contributed by atoms with Gasteiger partial charge in [0, 0.05) is 37.4 Å². The van der Waals surface area contributed by atoms with E-state index in [1.807, 2.05) is 38.4 Å². The second kappa shape index (κ2) is 7.83. The lowest BCUT2D eigenvalue weighted by atomic mass is 9.92. The predicted octanol–water partition coefficient (Wildman–Crippen LogP) is 2.92. The number of hydrogen-bond acceptors (Lipinski definition) is 3. The van der Waals surface area contributed by atoms with Gasteiger partial charge in [-0.3, -0.25) is 14.8 Å². The van der Waals surface area contributed by atoms with Crippen molar-refractivity contribution in [2.24, 2.45) is 0 Å². The van der Waals surface area contributed by atoms with Gasteiger partial charge in [-0.05, 0) is 38.7 Å². The minimum absolute atomic E-state index is 0.124. The maximum Gasteiger partial charge on any atom is 0.239 e. The quantitative estimate of drug-likeness (QED) is 0.880. The number of carbonyl (C=O) groups excluding carboxylic acids is 1. The highest BCUT2D eigenvalue weighted by molar-refractivity contribution is 5.81. The lowest BCUT2D eigenvalue weighted by molar-refractivity contribution is -0.132. The summed E-state index contributed by atoms with van der Waals surface area (Å²) in [5.41, 5.74) is 3.73. The molecular formula is C20H28N4O. The molecule has 0 spiro atoms. The van der Waals surface area contributed by atoms with Crippen LogP contribution in [0.15, 0.2) is 36.5 Å². The topological polar surface area (TPSA) is 50.2 Å². The van der Waals surface area contributed by atoms with Crippen LogP contribution in [0.4, 0.5) is 0 Å². The van der Waals surface area contributed by atoms with Crippen molar-refractivity contribution in [3.05, 3.63) is 53.3 Å². The van der Waals surface area contributed by atoms with Crippen molar-refractivity contribution in [3.63, 3.8) is 0 Å². The van der Waals surface area contributed by atoms with Gasteiger partial charge < -0.3 is 4.90 Å². The molecule has 0 fully saturated rings. The second-order valence-corrected chi connectivity index (χ2v) is 6.88. The fourth-order valence-corrected chi connectivity index (χ4v) is 3.70. The molecule has 1 N–H and O–H groups in total. The number of likely N-dealkylation sites (N-methyl/N-ethyl adjacent to an activating group) is 1. The molecule has 1 aromatic heterocycles. The first kappa shape index (κ1) is 17.7. The van der Waals surface area contributed by atoms with Gasteiger partial charge in [0.15, 0.2) is 0 Å². The summed E-state index contributed by atoms with van der Waals surface area (Å²) in [6, 6.07) is 10.1. The number of fused-ring (bicyclic) bond motifs is 1. The molecule has 5 nitrogen and oxygen atoms in total. The molecule has 5 heteroatoms. The number of nitrogens with zero attached hydrogens (tertiary/aromatic N) is 3. The lowest BCUT2D eigenvalue weighted by Crippen LogP contribution is -2.44. The summed E-state index contributed by atoms with van der Waals surface area (Å²) in [5.74, 6) is 0.124. The molecule has 134 valence electrons. The van der Waals surface area contributed by atoms with Gasteiger partial charge in [0.2, 0.25) is 5.91 Å². The van der Waals surface area contributed by atoms with Crippen molar-refractivity contribution in [1.29, 1.82) is 0 Å². The maximum absolute atomic E-state index is 12.7. The zero-order valence-electron chi connectivity index (χ0n) is 15.4. The maximum atomic E-state index is 12.7. The first-order valence-electron chi connectivity index (χ1n) is 9.19. The highest BCUT2D eigenvalue weighted by Gasteiger charge is 2.27. The van der Waals surface area contributed by atoms with Crippen molar-refractivity contribution in [2.75, 3.05) is 7.05 Å². The Morgan fingerprint density at radius 2 is 2.16 bits per heavy atom. The highest BCUT2D eigenvalue weighted by atomic mass is 16.2. The van der Waals surface area contributed by atoms with E-state index in [-0.39, 0.29) is 18.0 Å². The van der Waals surface area contributed by atoms with Crippen LogP contribution in [0.1, 0.15) is 49.6 Å². The summed E-state index contributed by atoms with van der Waals surface area (Å²) in [6.07, 6.45) is 5.25. The van der Waals surface area contributed by atoms with Gasteiger partial charge in [-0.2, -0.15) is 5.10 Å². The van der Waals surface area contributed by atoms with Crippen molar-refractivity contribution < 1.29 is 4.79 Å². The molecule has 0 radical (unpaired) electrons. The highest BCUT2D eigenvalue weighted by Crippen LogP contribution is 2.30. The van der Waals surface area contributed by atoms with Crippen LogP contribution in [-0.4, -0.2) is 33.7 Å². The zero-order chi connectivity index (χ0) is 17.8. The number of carbonyl (C=O) groups is 1. The Balaban J connectivity index is 1.63. The van der Waals surface area contributed by atoms with E-state index < -0.39 is 0 Å². The van der Waals surface area contributed by atoms with Crippen molar-refractivity contribution in [1.82, 2.24) is 20.0 Å². The molecule has 2 atom stereocenters. The lowest BCUT2D eigenvalue weighted by Gasteiger charge is -2.29. The fraction of sp³-hybridized carbons (Fsp3) is 0.500. The van der Waals surface area contributed by atoms with Gasteiger partial charge in [-0.15, -0.1) is 0 Å². The fourth-order valence-electron chi connectivity index (χ4n) is 3.70. The third-order valence-corrected chi connectivity index (χ3v) is 5.02. The third kappa shape index (κ3) is 3.93. The van der Waals surface area contributed by atoms with E-state index in [1.165, 1.54) is 11.3 Å². The molecule has 0 saturated heterocycles. The van der Waals surface area contributed by atoms with Crippen molar-refractivity contribution in [3.8, 4) is 0 Å². The predicted molar refractivity (Wildman–Crippen MR) is 99.1 cm³/mol. The average molecular weight is 340 g/mol. The van der Waals surface area contributed by atoms with Crippen LogP contribution in [0.2, 0.25) is 0 Å². The molecule has 2 aromatic rings. The van der Waals surface area contributed by atoms with Gasteiger partial charge in [0.05, 0.1) is 12.2 Å². The van der Waals surface area contributed by atoms with Gasteiger partial charge in [-0.25, -0.2) is 0 Å². The molecule has 1 amide bonds. The molecule has 0 saturated carbocycles. The summed E-state index contributed by atoms with van der Waals surface area (Å²) in [4.78, 5) is 14.5. The van der Waals surface area contributed by atoms with E-state index in [0.29, 0.717) is 6.54 Å². The standard InChI is InChI=1S/C20H28N4O/c1-4-24-19-12-8-11-18(17(19)13-21-24)22-15(2)20(25)23(3)14-16-9-6-5-7-10-16/h5-7,9-10,13,15,18,22H,4,8,11-12,14H2,1-3H3. The Kier molecular flexibility index (Phi) is 5.53. The molecule has 1 heterocycles. The SMILES string of the molecule is CCn1ncc2c1CCCC2NC(C)C(=O)N(C)Cc1ccccc1. The number of rotatable bonds is 6. The molecule has 25 heavy (non-hydrogen) atoms. The van der Waals surface area contributed by atoms with Crippen molar-refractivity contribution >= 4 is 5.91 Å². The van der Waals surface area contributed by atoms with E-state index in [1.54, 1.807) is 4.90 Å². The first-order valence-corrected chi connectivity index (χ1v) is 9.19. The van der Waals surface area contributed by atoms with Crippen LogP contribution < -0.4 is 5.32 Å².